The molecule has 0 unspecified atom stereocenters. The van der Waals surface area contributed by atoms with Crippen LogP contribution in [0.3, 0.4) is 0 Å². The summed E-state index contributed by atoms with van der Waals surface area (Å²) in [5, 5.41) is 3.53. The zero-order chi connectivity index (χ0) is 21.0. The normalized spacial score (nSPS) is 19.5. The predicted octanol–water partition coefficient (Wildman–Crippen LogP) is 2.29. The number of nitrogens with zero attached hydrogens (tertiary/aromatic N) is 4. The Bertz CT molecular complexity index is 830. The fraction of sp³-hybridized carbons (Fsp3) is 0.667. The number of halogens is 1. The standard InChI is InChI=1S/C21H35N5O2S.HI/c1-17-6-5-7-20(18(17)2)24-12-14-25(15-13-24)21(22-3)23-16-19-8-10-26(11-9-19)29(4,27)28;/h5-7,19H,8-16H2,1-4H3,(H,22,23);1H. The van der Waals surface area contributed by atoms with Crippen LogP contribution in [0.1, 0.15) is 24.0 Å². The molecule has 2 fully saturated rings. The predicted molar refractivity (Wildman–Crippen MR) is 136 cm³/mol. The van der Waals surface area contributed by atoms with E-state index in [0.29, 0.717) is 19.0 Å². The van der Waals surface area contributed by atoms with Gasteiger partial charge >= 0.3 is 0 Å². The molecule has 2 aliphatic heterocycles. The summed E-state index contributed by atoms with van der Waals surface area (Å²) in [4.78, 5) is 9.28. The van der Waals surface area contributed by atoms with Crippen LogP contribution in [0.25, 0.3) is 0 Å². The quantitative estimate of drug-likeness (QED) is 0.355. The van der Waals surface area contributed by atoms with Crippen LogP contribution in [0.5, 0.6) is 0 Å². The number of piperidine rings is 1. The zero-order valence-electron chi connectivity index (χ0n) is 18.6. The number of aliphatic imine (C=N–C) groups is 1. The molecule has 0 amide bonds. The van der Waals surface area contributed by atoms with Gasteiger partial charge in [0.1, 0.15) is 0 Å². The van der Waals surface area contributed by atoms with E-state index in [1.807, 2.05) is 7.05 Å². The molecule has 2 saturated heterocycles. The van der Waals surface area contributed by atoms with E-state index in [4.69, 9.17) is 0 Å². The van der Waals surface area contributed by atoms with Gasteiger partial charge in [-0.1, -0.05) is 12.1 Å². The van der Waals surface area contributed by atoms with E-state index in [0.717, 1.165) is 51.5 Å². The molecule has 1 aromatic rings. The van der Waals surface area contributed by atoms with Gasteiger partial charge in [-0.25, -0.2) is 12.7 Å². The topological polar surface area (TPSA) is 68.2 Å². The summed E-state index contributed by atoms with van der Waals surface area (Å²) in [6.45, 7) is 10.3. The van der Waals surface area contributed by atoms with Crippen molar-refractivity contribution in [1.82, 2.24) is 14.5 Å². The highest BCUT2D eigenvalue weighted by Gasteiger charge is 2.26. The van der Waals surface area contributed by atoms with E-state index in [-0.39, 0.29) is 24.0 Å². The molecule has 30 heavy (non-hydrogen) atoms. The second-order valence-electron chi connectivity index (χ2n) is 8.23. The van der Waals surface area contributed by atoms with Gasteiger partial charge in [0.2, 0.25) is 10.0 Å². The third-order valence-corrected chi connectivity index (χ3v) is 7.60. The molecular formula is C21H36IN5O2S. The first-order valence-electron chi connectivity index (χ1n) is 10.5. The molecule has 0 spiro atoms. The molecule has 2 heterocycles. The minimum atomic E-state index is -3.06. The lowest BCUT2D eigenvalue weighted by Gasteiger charge is -2.39. The minimum absolute atomic E-state index is 0. The first-order chi connectivity index (χ1) is 13.8. The van der Waals surface area contributed by atoms with Crippen molar-refractivity contribution in [3.05, 3.63) is 29.3 Å². The molecule has 0 radical (unpaired) electrons. The smallest absolute Gasteiger partial charge is 0.211 e. The maximum absolute atomic E-state index is 11.7. The van der Waals surface area contributed by atoms with Crippen LogP contribution in [-0.4, -0.2) is 82.7 Å². The molecule has 3 rings (SSSR count). The van der Waals surface area contributed by atoms with Crippen molar-refractivity contribution in [2.24, 2.45) is 10.9 Å². The monoisotopic (exact) mass is 549 g/mol. The van der Waals surface area contributed by atoms with Crippen molar-refractivity contribution in [2.75, 3.05) is 64.0 Å². The first kappa shape index (κ1) is 25.2. The van der Waals surface area contributed by atoms with Gasteiger partial charge in [0.15, 0.2) is 5.96 Å². The Morgan fingerprint density at radius 2 is 1.73 bits per heavy atom. The third kappa shape index (κ3) is 6.23. The van der Waals surface area contributed by atoms with E-state index in [2.05, 4.69) is 52.2 Å². The summed E-state index contributed by atoms with van der Waals surface area (Å²) < 4.78 is 24.9. The van der Waals surface area contributed by atoms with Crippen molar-refractivity contribution in [3.8, 4) is 0 Å². The van der Waals surface area contributed by atoms with Crippen LogP contribution in [0, 0.1) is 19.8 Å². The van der Waals surface area contributed by atoms with E-state index in [9.17, 15) is 8.42 Å². The van der Waals surface area contributed by atoms with Gasteiger partial charge in [0, 0.05) is 58.5 Å². The number of benzene rings is 1. The van der Waals surface area contributed by atoms with Gasteiger partial charge in [-0.15, -0.1) is 24.0 Å². The Labute approximate surface area is 199 Å². The molecule has 7 nitrogen and oxygen atoms in total. The molecule has 1 N–H and O–H groups in total. The molecule has 0 saturated carbocycles. The molecule has 170 valence electrons. The lowest BCUT2D eigenvalue weighted by atomic mass is 9.98. The second kappa shape index (κ2) is 11.0. The van der Waals surface area contributed by atoms with Crippen LogP contribution >= 0.6 is 24.0 Å². The van der Waals surface area contributed by atoms with Crippen LogP contribution < -0.4 is 10.2 Å². The summed E-state index contributed by atoms with van der Waals surface area (Å²) >= 11 is 0. The fourth-order valence-corrected chi connectivity index (χ4v) is 5.12. The highest BCUT2D eigenvalue weighted by molar-refractivity contribution is 14.0. The van der Waals surface area contributed by atoms with Crippen LogP contribution in [0.2, 0.25) is 0 Å². The van der Waals surface area contributed by atoms with E-state index < -0.39 is 10.0 Å². The SMILES string of the molecule is CN=C(NCC1CCN(S(C)(=O)=O)CC1)N1CCN(c2cccc(C)c2C)CC1.I. The Kier molecular flexibility index (Phi) is 9.23. The van der Waals surface area contributed by atoms with Crippen molar-refractivity contribution in [1.29, 1.82) is 0 Å². The van der Waals surface area contributed by atoms with Gasteiger partial charge in [-0.2, -0.15) is 0 Å². The van der Waals surface area contributed by atoms with E-state index in [1.54, 1.807) is 4.31 Å². The van der Waals surface area contributed by atoms with Crippen molar-refractivity contribution in [2.45, 2.75) is 26.7 Å². The Morgan fingerprint density at radius 3 is 2.30 bits per heavy atom. The van der Waals surface area contributed by atoms with Crippen molar-refractivity contribution < 1.29 is 8.42 Å². The Hall–Kier alpha value is -1.07. The van der Waals surface area contributed by atoms with Gasteiger partial charge in [0.25, 0.3) is 0 Å². The average Bonchev–Trinajstić information content (AvgIpc) is 2.71. The highest BCUT2D eigenvalue weighted by atomic mass is 127. The minimum Gasteiger partial charge on any atom is -0.368 e. The maximum Gasteiger partial charge on any atom is 0.211 e. The Morgan fingerprint density at radius 1 is 1.10 bits per heavy atom. The number of sulfonamides is 1. The van der Waals surface area contributed by atoms with Crippen molar-refractivity contribution in [3.63, 3.8) is 0 Å². The average molecular weight is 550 g/mol. The second-order valence-corrected chi connectivity index (χ2v) is 10.2. The van der Waals surface area contributed by atoms with Crippen LogP contribution in [0.4, 0.5) is 5.69 Å². The molecular weight excluding hydrogens is 513 g/mol. The molecule has 0 bridgehead atoms. The summed E-state index contributed by atoms with van der Waals surface area (Å²) in [5.41, 5.74) is 4.04. The van der Waals surface area contributed by atoms with Gasteiger partial charge in [-0.05, 0) is 49.8 Å². The van der Waals surface area contributed by atoms with Gasteiger partial charge < -0.3 is 15.1 Å². The summed E-state index contributed by atoms with van der Waals surface area (Å²) in [5.74, 6) is 1.44. The maximum atomic E-state index is 11.7. The number of piperazine rings is 1. The number of aryl methyl sites for hydroxylation is 1. The van der Waals surface area contributed by atoms with E-state index in [1.165, 1.54) is 23.1 Å². The van der Waals surface area contributed by atoms with Crippen LogP contribution in [-0.2, 0) is 10.0 Å². The fourth-order valence-electron chi connectivity index (χ4n) is 4.25. The van der Waals surface area contributed by atoms with Crippen molar-refractivity contribution >= 4 is 45.6 Å². The molecule has 0 aliphatic carbocycles. The highest BCUT2D eigenvalue weighted by Crippen LogP contribution is 2.24. The lowest BCUT2D eigenvalue weighted by Crippen LogP contribution is -2.53. The molecule has 2 aliphatic rings. The van der Waals surface area contributed by atoms with Gasteiger partial charge in [-0.3, -0.25) is 4.99 Å². The number of nitrogens with one attached hydrogen (secondary N) is 1. The molecule has 0 aromatic heterocycles. The van der Waals surface area contributed by atoms with Gasteiger partial charge in [0.05, 0.1) is 6.26 Å². The van der Waals surface area contributed by atoms with E-state index >= 15 is 0 Å². The number of hydrogen-bond acceptors (Lipinski definition) is 4. The van der Waals surface area contributed by atoms with Crippen LogP contribution in [0.15, 0.2) is 23.2 Å². The number of guanidine groups is 1. The number of anilines is 1. The largest absolute Gasteiger partial charge is 0.368 e. The molecule has 0 atom stereocenters. The summed E-state index contributed by atoms with van der Waals surface area (Å²) in [6, 6.07) is 6.52. The molecule has 1 aromatic carbocycles. The number of rotatable bonds is 4. The lowest BCUT2D eigenvalue weighted by molar-refractivity contribution is 0.271. The summed E-state index contributed by atoms with van der Waals surface area (Å²) in [7, 11) is -1.22. The number of hydrogen-bond donors (Lipinski definition) is 1. The molecule has 9 heteroatoms. The Balaban J connectivity index is 0.00000320. The summed E-state index contributed by atoms with van der Waals surface area (Å²) in [6.07, 6.45) is 3.10. The zero-order valence-corrected chi connectivity index (χ0v) is 21.7. The third-order valence-electron chi connectivity index (χ3n) is 6.30. The first-order valence-corrected chi connectivity index (χ1v) is 12.4.